The second-order valence-corrected chi connectivity index (χ2v) is 11.4. The van der Waals surface area contributed by atoms with Gasteiger partial charge in [-0.1, -0.05) is 45.8 Å². The first-order valence-electron chi connectivity index (χ1n) is 11.2. The highest BCUT2D eigenvalue weighted by molar-refractivity contribution is 5.74. The van der Waals surface area contributed by atoms with Crippen molar-refractivity contribution in [1.29, 1.82) is 0 Å². The Labute approximate surface area is 163 Å². The van der Waals surface area contributed by atoms with E-state index in [0.29, 0.717) is 17.8 Å². The van der Waals surface area contributed by atoms with E-state index in [1.165, 1.54) is 25.7 Å². The molecule has 0 spiro atoms. The average Bonchev–Trinajstić information content (AvgIpc) is 2.96. The van der Waals surface area contributed by atoms with Gasteiger partial charge in [0.05, 0.1) is 12.0 Å². The third-order valence-corrected chi connectivity index (χ3v) is 10.3. The van der Waals surface area contributed by atoms with Crippen LogP contribution in [0, 0.1) is 39.9 Å². The predicted octanol–water partition coefficient (Wildman–Crippen LogP) is 4.88. The van der Waals surface area contributed by atoms with E-state index in [-0.39, 0.29) is 40.3 Å². The quantitative estimate of drug-likeness (QED) is 0.487. The van der Waals surface area contributed by atoms with Crippen LogP contribution in [-0.2, 0) is 9.53 Å². The SMILES string of the molecule is C[C@@H]1C(=O)O[C@@H]2CC3=C(CC[C@H]4C(C)(C)[C@@H](O)CC[C@]34C)[C@@H]3CC[C@H]1[C@@]23C. The van der Waals surface area contributed by atoms with Gasteiger partial charge in [0.1, 0.15) is 6.10 Å². The first-order valence-corrected chi connectivity index (χ1v) is 11.2. The molecule has 3 fully saturated rings. The molecule has 150 valence electrons. The Morgan fingerprint density at radius 2 is 1.81 bits per heavy atom. The van der Waals surface area contributed by atoms with Gasteiger partial charge in [0, 0.05) is 11.8 Å². The fraction of sp³-hybridized carbons (Fsp3) is 0.875. The molecule has 0 bridgehead atoms. The molecule has 4 aliphatic carbocycles. The summed E-state index contributed by atoms with van der Waals surface area (Å²) >= 11 is 0. The van der Waals surface area contributed by atoms with Gasteiger partial charge < -0.3 is 9.84 Å². The normalized spacial score (nSPS) is 53.3. The van der Waals surface area contributed by atoms with Crippen molar-refractivity contribution in [2.45, 2.75) is 91.8 Å². The van der Waals surface area contributed by atoms with Gasteiger partial charge in [0.15, 0.2) is 0 Å². The molecule has 1 saturated heterocycles. The second-order valence-electron chi connectivity index (χ2n) is 11.4. The Balaban J connectivity index is 1.61. The van der Waals surface area contributed by atoms with E-state index in [4.69, 9.17) is 4.74 Å². The molecule has 27 heavy (non-hydrogen) atoms. The van der Waals surface area contributed by atoms with Gasteiger partial charge in [-0.2, -0.15) is 0 Å². The van der Waals surface area contributed by atoms with Gasteiger partial charge in [-0.25, -0.2) is 0 Å². The first-order chi connectivity index (χ1) is 12.6. The van der Waals surface area contributed by atoms with Crippen LogP contribution in [0.5, 0.6) is 0 Å². The monoisotopic (exact) mass is 372 g/mol. The minimum atomic E-state index is -0.198. The van der Waals surface area contributed by atoms with Crippen LogP contribution in [0.1, 0.15) is 79.6 Å². The summed E-state index contributed by atoms with van der Waals surface area (Å²) < 4.78 is 6.11. The van der Waals surface area contributed by atoms with Crippen molar-refractivity contribution in [3.05, 3.63) is 11.1 Å². The van der Waals surface area contributed by atoms with Crippen LogP contribution in [-0.4, -0.2) is 23.3 Å². The molecule has 0 aromatic rings. The van der Waals surface area contributed by atoms with Crippen LogP contribution >= 0.6 is 0 Å². The van der Waals surface area contributed by atoms with Gasteiger partial charge in [0.2, 0.25) is 0 Å². The lowest BCUT2D eigenvalue weighted by molar-refractivity contribution is -0.187. The summed E-state index contributed by atoms with van der Waals surface area (Å²) in [5.74, 6) is 1.68. The Kier molecular flexibility index (Phi) is 3.64. The molecule has 1 heterocycles. The molecule has 2 saturated carbocycles. The molecule has 3 heteroatoms. The number of hydrogen-bond donors (Lipinski definition) is 1. The fourth-order valence-corrected chi connectivity index (χ4v) is 8.67. The maximum Gasteiger partial charge on any atom is 0.309 e. The fourth-order valence-electron chi connectivity index (χ4n) is 8.67. The zero-order valence-electron chi connectivity index (χ0n) is 17.7. The van der Waals surface area contributed by atoms with E-state index >= 15 is 0 Å². The van der Waals surface area contributed by atoms with E-state index in [1.54, 1.807) is 11.1 Å². The summed E-state index contributed by atoms with van der Waals surface area (Å²) in [6.45, 7) is 11.5. The predicted molar refractivity (Wildman–Crippen MR) is 105 cm³/mol. The zero-order valence-corrected chi connectivity index (χ0v) is 17.7. The number of carbonyl (C=O) groups excluding carboxylic acids is 1. The van der Waals surface area contributed by atoms with E-state index in [1.807, 2.05) is 0 Å². The summed E-state index contributed by atoms with van der Waals surface area (Å²) in [6.07, 6.45) is 7.56. The Morgan fingerprint density at radius 3 is 2.56 bits per heavy atom. The third-order valence-electron chi connectivity index (χ3n) is 10.3. The number of allylic oxidation sites excluding steroid dienone is 1. The Morgan fingerprint density at radius 1 is 1.07 bits per heavy atom. The zero-order chi connectivity index (χ0) is 19.4. The molecule has 8 atom stereocenters. The minimum absolute atomic E-state index is 0.0316. The molecule has 0 unspecified atom stereocenters. The number of rotatable bonds is 0. The number of fused-ring (bicyclic) bond motifs is 3. The van der Waals surface area contributed by atoms with Crippen molar-refractivity contribution in [2.75, 3.05) is 0 Å². The number of carbonyl (C=O) groups is 1. The maximum atomic E-state index is 12.6. The lowest BCUT2D eigenvalue weighted by Crippen LogP contribution is -2.58. The standard InChI is InChI=1S/C24H36O3/c1-13-15-7-8-16-14-6-9-18-22(2,3)19(25)10-11-23(18,4)17(14)12-20(24(15,16)5)27-21(13)26/h13,15-16,18-20,25H,6-12H2,1-5H3/t13-,15+,16-,18-,19-,20+,23+,24+/m0/s1. The van der Waals surface area contributed by atoms with E-state index in [2.05, 4.69) is 34.6 Å². The van der Waals surface area contributed by atoms with Crippen molar-refractivity contribution < 1.29 is 14.6 Å². The topological polar surface area (TPSA) is 46.5 Å². The Bertz CT molecular complexity index is 721. The van der Waals surface area contributed by atoms with Crippen molar-refractivity contribution >= 4 is 5.97 Å². The second kappa shape index (κ2) is 5.40. The van der Waals surface area contributed by atoms with Crippen molar-refractivity contribution in [1.82, 2.24) is 0 Å². The van der Waals surface area contributed by atoms with Gasteiger partial charge >= 0.3 is 5.97 Å². The largest absolute Gasteiger partial charge is 0.461 e. The minimum Gasteiger partial charge on any atom is -0.461 e. The van der Waals surface area contributed by atoms with Gasteiger partial charge in [0.25, 0.3) is 0 Å². The molecular weight excluding hydrogens is 336 g/mol. The third kappa shape index (κ3) is 2.05. The lowest BCUT2D eigenvalue weighted by atomic mass is 9.45. The van der Waals surface area contributed by atoms with Crippen LogP contribution in [0.4, 0.5) is 0 Å². The highest BCUT2D eigenvalue weighted by Crippen LogP contribution is 2.69. The van der Waals surface area contributed by atoms with Crippen LogP contribution in [0.25, 0.3) is 0 Å². The average molecular weight is 373 g/mol. The summed E-state index contributed by atoms with van der Waals surface area (Å²) in [5.41, 5.74) is 3.61. The van der Waals surface area contributed by atoms with Crippen LogP contribution < -0.4 is 0 Å². The molecule has 1 N–H and O–H groups in total. The maximum absolute atomic E-state index is 12.6. The number of ether oxygens (including phenoxy) is 1. The van der Waals surface area contributed by atoms with E-state index in [0.717, 1.165) is 19.3 Å². The molecular formula is C24H36O3. The summed E-state index contributed by atoms with van der Waals surface area (Å²) in [7, 11) is 0. The van der Waals surface area contributed by atoms with Crippen LogP contribution in [0.2, 0.25) is 0 Å². The Hall–Kier alpha value is -0.830. The number of aliphatic hydroxyl groups is 1. The summed E-state index contributed by atoms with van der Waals surface area (Å²) in [5, 5.41) is 10.7. The molecule has 5 aliphatic rings. The molecule has 0 radical (unpaired) electrons. The van der Waals surface area contributed by atoms with Gasteiger partial charge in [-0.3, -0.25) is 4.79 Å². The smallest absolute Gasteiger partial charge is 0.309 e. The van der Waals surface area contributed by atoms with Crippen molar-refractivity contribution in [3.63, 3.8) is 0 Å². The van der Waals surface area contributed by atoms with E-state index in [9.17, 15) is 9.90 Å². The number of hydrogen-bond acceptors (Lipinski definition) is 3. The highest BCUT2D eigenvalue weighted by atomic mass is 16.5. The number of esters is 1. The number of aliphatic hydroxyl groups excluding tert-OH is 1. The molecule has 0 amide bonds. The van der Waals surface area contributed by atoms with Gasteiger partial charge in [-0.05, 0) is 67.1 Å². The van der Waals surface area contributed by atoms with Crippen molar-refractivity contribution in [2.24, 2.45) is 39.9 Å². The van der Waals surface area contributed by atoms with Gasteiger partial charge in [-0.15, -0.1) is 0 Å². The van der Waals surface area contributed by atoms with E-state index < -0.39 is 0 Å². The van der Waals surface area contributed by atoms with Crippen LogP contribution in [0.3, 0.4) is 0 Å². The molecule has 0 aromatic carbocycles. The first kappa shape index (κ1) is 18.2. The highest BCUT2D eigenvalue weighted by Gasteiger charge is 2.65. The summed E-state index contributed by atoms with van der Waals surface area (Å²) in [6, 6.07) is 0. The summed E-state index contributed by atoms with van der Waals surface area (Å²) in [4.78, 5) is 12.6. The molecule has 1 aliphatic heterocycles. The molecule has 5 rings (SSSR count). The molecule has 0 aromatic heterocycles. The van der Waals surface area contributed by atoms with Crippen LogP contribution in [0.15, 0.2) is 11.1 Å². The van der Waals surface area contributed by atoms with Crippen molar-refractivity contribution in [3.8, 4) is 0 Å². The lowest BCUT2D eigenvalue weighted by Gasteiger charge is -2.61. The molecule has 3 nitrogen and oxygen atoms in total.